The molecule has 216 valence electrons. The number of nitrogens with one attached hydrogen (secondary N) is 1. The van der Waals surface area contributed by atoms with Gasteiger partial charge in [-0.25, -0.2) is 4.39 Å². The molecule has 1 N–H and O–H groups in total. The van der Waals surface area contributed by atoms with E-state index in [2.05, 4.69) is 44.2 Å². The lowest BCUT2D eigenvalue weighted by Crippen LogP contribution is -2.47. The minimum atomic E-state index is -4.85. The summed E-state index contributed by atoms with van der Waals surface area (Å²) in [7, 11) is -1.01. The van der Waals surface area contributed by atoms with Gasteiger partial charge in [0.05, 0.1) is 19.4 Å². The molecule has 1 aliphatic heterocycles. The van der Waals surface area contributed by atoms with E-state index in [1.165, 1.54) is 19.2 Å². The molecule has 39 heavy (non-hydrogen) atoms. The van der Waals surface area contributed by atoms with Gasteiger partial charge in [0, 0.05) is 29.3 Å². The molecule has 0 unspecified atom stereocenters. The molecule has 12 heteroatoms. The van der Waals surface area contributed by atoms with Crippen molar-refractivity contribution < 1.29 is 40.6 Å². The summed E-state index contributed by atoms with van der Waals surface area (Å²) >= 11 is 0. The molecular formula is C27H35F5N2O4Si. The van der Waals surface area contributed by atoms with E-state index >= 15 is 0 Å². The van der Waals surface area contributed by atoms with Crippen LogP contribution in [-0.2, 0) is 20.6 Å². The number of pyridine rings is 1. The van der Waals surface area contributed by atoms with Crippen molar-refractivity contribution in [2.45, 2.75) is 83.2 Å². The Bertz CT molecular complexity index is 1220. The molecule has 0 bridgehead atoms. The van der Waals surface area contributed by atoms with Gasteiger partial charge in [-0.05, 0) is 43.3 Å². The summed E-state index contributed by atoms with van der Waals surface area (Å²) in [5.41, 5.74) is -2.04. The lowest BCUT2D eigenvalue weighted by Gasteiger charge is -2.36. The summed E-state index contributed by atoms with van der Waals surface area (Å²) in [6.45, 7) is 12.8. The third-order valence-electron chi connectivity index (χ3n) is 8.04. The van der Waals surface area contributed by atoms with Crippen molar-refractivity contribution in [1.29, 1.82) is 0 Å². The molecule has 2 heterocycles. The number of hydrogen-bond acceptors (Lipinski definition) is 5. The minimum Gasteiger partial charge on any atom is -0.493 e. The first-order valence-electron chi connectivity index (χ1n) is 12.5. The fourth-order valence-electron chi connectivity index (χ4n) is 4.36. The summed E-state index contributed by atoms with van der Waals surface area (Å²) in [4.78, 5) is 17.7. The number of rotatable bonds is 7. The molecular weight excluding hydrogens is 539 g/mol. The maximum Gasteiger partial charge on any atom is 0.417 e. The van der Waals surface area contributed by atoms with E-state index in [0.717, 1.165) is 26.2 Å². The van der Waals surface area contributed by atoms with Gasteiger partial charge in [-0.15, -0.1) is 0 Å². The third kappa shape index (κ3) is 5.97. The second kappa shape index (κ2) is 10.8. The summed E-state index contributed by atoms with van der Waals surface area (Å²) in [5.74, 6) is -6.70. The highest BCUT2D eigenvalue weighted by molar-refractivity contribution is 6.74. The molecule has 1 fully saturated rings. The first-order chi connectivity index (χ1) is 17.8. The molecule has 1 aliphatic rings. The number of anilines is 1. The number of hydrogen-bond donors (Lipinski definition) is 1. The third-order valence-corrected chi connectivity index (χ3v) is 12.5. The molecule has 4 atom stereocenters. The van der Waals surface area contributed by atoms with Crippen LogP contribution in [0.4, 0.5) is 27.6 Å². The second-order valence-electron chi connectivity index (χ2n) is 11.5. The van der Waals surface area contributed by atoms with Crippen molar-refractivity contribution in [3.05, 3.63) is 53.4 Å². The summed E-state index contributed by atoms with van der Waals surface area (Å²) < 4.78 is 87.5. The van der Waals surface area contributed by atoms with E-state index in [1.54, 1.807) is 6.07 Å². The van der Waals surface area contributed by atoms with E-state index in [9.17, 15) is 26.7 Å². The Hall–Kier alpha value is -2.57. The number of carbonyl (C=O) groups excluding carboxylic acids is 1. The normalized spacial score (nSPS) is 24.1. The van der Waals surface area contributed by atoms with Crippen LogP contribution in [0.3, 0.4) is 0 Å². The number of halogens is 5. The van der Waals surface area contributed by atoms with Crippen LogP contribution in [0.25, 0.3) is 0 Å². The largest absolute Gasteiger partial charge is 0.493 e. The highest BCUT2D eigenvalue weighted by Crippen LogP contribution is 2.55. The number of amides is 1. The first-order valence-corrected chi connectivity index (χ1v) is 15.4. The van der Waals surface area contributed by atoms with Crippen molar-refractivity contribution in [2.24, 2.45) is 5.92 Å². The van der Waals surface area contributed by atoms with E-state index in [0.29, 0.717) is 5.69 Å². The first kappa shape index (κ1) is 31.0. The average molecular weight is 575 g/mol. The van der Waals surface area contributed by atoms with E-state index < -0.39 is 61.3 Å². The van der Waals surface area contributed by atoms with Gasteiger partial charge >= 0.3 is 6.18 Å². The maximum atomic E-state index is 14.5. The van der Waals surface area contributed by atoms with Crippen LogP contribution in [0, 0.1) is 17.6 Å². The molecule has 6 nitrogen and oxygen atoms in total. The monoisotopic (exact) mass is 574 g/mol. The van der Waals surface area contributed by atoms with Crippen LogP contribution in [-0.4, -0.2) is 44.2 Å². The van der Waals surface area contributed by atoms with Crippen LogP contribution in [0.5, 0.6) is 5.75 Å². The zero-order chi connectivity index (χ0) is 29.6. The number of methoxy groups -OCH3 is 1. The Morgan fingerprint density at radius 1 is 1.18 bits per heavy atom. The van der Waals surface area contributed by atoms with Gasteiger partial charge in [0.25, 0.3) is 5.91 Å². The molecule has 3 rings (SSSR count). The van der Waals surface area contributed by atoms with Crippen LogP contribution in [0.2, 0.25) is 18.1 Å². The number of carbonyl (C=O) groups is 1. The SMILES string of the molecule is COc1c([C@H]2[C@H](C(=O)Nc3ccnc(CO[Si](C)(C)C(C)(C)C)c3)O[C@@](C)(C(F)(F)F)[C@H]2C)ccc(F)c1F. The maximum absolute atomic E-state index is 14.5. The van der Waals surface area contributed by atoms with E-state index in [1.807, 2.05) is 0 Å². The smallest absolute Gasteiger partial charge is 0.417 e. The average Bonchev–Trinajstić information content (AvgIpc) is 3.11. The van der Waals surface area contributed by atoms with Crippen molar-refractivity contribution in [3.8, 4) is 5.75 Å². The molecule has 0 aliphatic carbocycles. The fourth-order valence-corrected chi connectivity index (χ4v) is 5.30. The van der Waals surface area contributed by atoms with Crippen LogP contribution >= 0.6 is 0 Å². The fraction of sp³-hybridized carbons (Fsp3) is 0.556. The molecule has 1 aromatic carbocycles. The van der Waals surface area contributed by atoms with Gasteiger partial charge in [-0.1, -0.05) is 33.8 Å². The predicted molar refractivity (Wildman–Crippen MR) is 139 cm³/mol. The van der Waals surface area contributed by atoms with Gasteiger partial charge in [-0.3, -0.25) is 9.78 Å². The van der Waals surface area contributed by atoms with Gasteiger partial charge in [0.1, 0.15) is 6.10 Å². The number of benzene rings is 1. The Labute approximate surface area is 226 Å². The van der Waals surface area contributed by atoms with Gasteiger partial charge in [0.15, 0.2) is 25.5 Å². The topological polar surface area (TPSA) is 69.7 Å². The zero-order valence-electron chi connectivity index (χ0n) is 23.3. The standard InChI is InChI=1S/C27H35F5N2O4Si/c1-15-20(18-9-10-19(28)21(29)22(18)36-6)23(38-26(15,5)27(30,31)32)24(35)34-16-11-12-33-17(13-16)14-37-39(7,8)25(2,3)4/h9-13,15,20,23H,14H2,1-8H3,(H,33,34,35)/t15-,20-,23+,26+/m0/s1. The van der Waals surface area contributed by atoms with Gasteiger partial charge in [-0.2, -0.15) is 17.6 Å². The zero-order valence-corrected chi connectivity index (χ0v) is 24.3. The number of alkyl halides is 3. The highest BCUT2D eigenvalue weighted by Gasteiger charge is 2.66. The lowest BCUT2D eigenvalue weighted by molar-refractivity contribution is -0.272. The number of nitrogens with zero attached hydrogens (tertiary/aromatic N) is 1. The van der Waals surface area contributed by atoms with Crippen molar-refractivity contribution in [1.82, 2.24) is 4.98 Å². The Morgan fingerprint density at radius 3 is 2.38 bits per heavy atom. The van der Waals surface area contributed by atoms with Gasteiger partial charge in [0.2, 0.25) is 5.82 Å². The minimum absolute atomic E-state index is 0.0314. The van der Waals surface area contributed by atoms with E-state index in [-0.39, 0.29) is 22.9 Å². The Morgan fingerprint density at radius 2 is 1.82 bits per heavy atom. The summed E-state index contributed by atoms with van der Waals surface area (Å²) in [6.07, 6.45) is -5.09. The van der Waals surface area contributed by atoms with Crippen molar-refractivity contribution in [2.75, 3.05) is 12.4 Å². The highest BCUT2D eigenvalue weighted by atomic mass is 28.4. The van der Waals surface area contributed by atoms with Crippen LogP contribution < -0.4 is 10.1 Å². The molecule has 2 aromatic rings. The number of ether oxygens (including phenoxy) is 2. The van der Waals surface area contributed by atoms with Crippen LogP contribution in [0.15, 0.2) is 30.5 Å². The number of aromatic nitrogens is 1. The quantitative estimate of drug-likeness (QED) is 0.286. The lowest BCUT2D eigenvalue weighted by atomic mass is 9.77. The predicted octanol–water partition coefficient (Wildman–Crippen LogP) is 6.97. The van der Waals surface area contributed by atoms with Gasteiger partial charge < -0.3 is 19.2 Å². The molecule has 0 spiro atoms. The summed E-state index contributed by atoms with van der Waals surface area (Å²) in [6, 6.07) is 4.96. The van der Waals surface area contributed by atoms with Crippen molar-refractivity contribution in [3.63, 3.8) is 0 Å². The molecule has 1 saturated heterocycles. The van der Waals surface area contributed by atoms with Crippen LogP contribution in [0.1, 0.15) is 51.8 Å². The molecule has 0 saturated carbocycles. The second-order valence-corrected chi connectivity index (χ2v) is 16.3. The molecule has 1 amide bonds. The molecule has 1 aromatic heterocycles. The molecule has 0 radical (unpaired) electrons. The van der Waals surface area contributed by atoms with E-state index in [4.69, 9.17) is 13.9 Å². The van der Waals surface area contributed by atoms with Crippen molar-refractivity contribution >= 4 is 19.9 Å². The Kier molecular flexibility index (Phi) is 8.55. The summed E-state index contributed by atoms with van der Waals surface area (Å²) in [5, 5.41) is 2.57. The Balaban J connectivity index is 1.94.